The highest BCUT2D eigenvalue weighted by molar-refractivity contribution is 6.32. The Morgan fingerprint density at radius 1 is 1.22 bits per heavy atom. The third-order valence-electron chi connectivity index (χ3n) is 3.13. The zero-order valence-electron chi connectivity index (χ0n) is 12.0. The highest BCUT2D eigenvalue weighted by Crippen LogP contribution is 2.15. The lowest BCUT2D eigenvalue weighted by Gasteiger charge is -2.34. The fraction of sp³-hybridized carbons (Fsp3) is 0.846. The van der Waals surface area contributed by atoms with Crippen molar-refractivity contribution in [2.75, 3.05) is 27.2 Å². The number of likely N-dealkylation sites (N-methyl/N-ethyl adjacent to an activating group) is 1. The number of nitrogens with zero attached hydrogens (tertiary/aromatic N) is 2. The van der Waals surface area contributed by atoms with E-state index < -0.39 is 17.5 Å². The van der Waals surface area contributed by atoms with E-state index in [-0.39, 0.29) is 6.04 Å². The summed E-state index contributed by atoms with van der Waals surface area (Å²) in [5.74, 6) is -1.30. The van der Waals surface area contributed by atoms with Gasteiger partial charge in [-0.3, -0.25) is 4.79 Å². The maximum absolute atomic E-state index is 11.9. The lowest BCUT2D eigenvalue weighted by molar-refractivity contribution is -0.168. The zero-order valence-corrected chi connectivity index (χ0v) is 12.0. The van der Waals surface area contributed by atoms with Crippen molar-refractivity contribution in [3.8, 4) is 0 Å². The van der Waals surface area contributed by atoms with Crippen molar-refractivity contribution in [3.05, 3.63) is 0 Å². The van der Waals surface area contributed by atoms with Crippen molar-refractivity contribution < 1.29 is 14.3 Å². The van der Waals surface area contributed by atoms with Crippen LogP contribution in [0.3, 0.4) is 0 Å². The van der Waals surface area contributed by atoms with Gasteiger partial charge >= 0.3 is 11.9 Å². The lowest BCUT2D eigenvalue weighted by atomic mass is 10.0. The number of hydrogen-bond donors (Lipinski definition) is 0. The molecule has 1 fully saturated rings. The average Bonchev–Trinajstić information content (AvgIpc) is 2.26. The van der Waals surface area contributed by atoms with E-state index in [0.717, 1.165) is 25.9 Å². The third kappa shape index (κ3) is 4.29. The van der Waals surface area contributed by atoms with E-state index in [1.807, 2.05) is 0 Å². The minimum absolute atomic E-state index is 0.140. The normalized spacial score (nSPS) is 18.5. The molecule has 1 rings (SSSR count). The molecule has 1 aliphatic heterocycles. The van der Waals surface area contributed by atoms with Gasteiger partial charge in [0.1, 0.15) is 5.60 Å². The Labute approximate surface area is 109 Å². The molecule has 0 radical (unpaired) electrons. The first-order valence-corrected chi connectivity index (χ1v) is 6.39. The van der Waals surface area contributed by atoms with Gasteiger partial charge in [-0.1, -0.05) is 0 Å². The van der Waals surface area contributed by atoms with Gasteiger partial charge in [0.15, 0.2) is 0 Å². The molecule has 0 atom stereocenters. The Balaban J connectivity index is 2.53. The second kappa shape index (κ2) is 5.69. The van der Waals surface area contributed by atoms with Gasteiger partial charge < -0.3 is 14.5 Å². The monoisotopic (exact) mass is 256 g/mol. The SMILES string of the molecule is CN1CCC(N(C)C(=O)C(=O)OC(C)(C)C)CC1. The van der Waals surface area contributed by atoms with Crippen molar-refractivity contribution in [3.63, 3.8) is 0 Å². The average molecular weight is 256 g/mol. The molecule has 0 aromatic rings. The molecule has 0 bridgehead atoms. The van der Waals surface area contributed by atoms with Crippen LogP contribution in [0.15, 0.2) is 0 Å². The molecule has 18 heavy (non-hydrogen) atoms. The third-order valence-corrected chi connectivity index (χ3v) is 3.13. The number of hydrogen-bond acceptors (Lipinski definition) is 4. The van der Waals surface area contributed by atoms with Crippen LogP contribution in [0.1, 0.15) is 33.6 Å². The maximum Gasteiger partial charge on any atom is 0.397 e. The van der Waals surface area contributed by atoms with E-state index in [1.165, 1.54) is 4.90 Å². The van der Waals surface area contributed by atoms with Crippen LogP contribution < -0.4 is 0 Å². The van der Waals surface area contributed by atoms with Gasteiger partial charge in [-0.25, -0.2) is 4.79 Å². The molecule has 104 valence electrons. The van der Waals surface area contributed by atoms with E-state index in [0.29, 0.717) is 0 Å². The van der Waals surface area contributed by atoms with Crippen molar-refractivity contribution in [1.29, 1.82) is 0 Å². The van der Waals surface area contributed by atoms with Crippen LogP contribution in [0.4, 0.5) is 0 Å². The van der Waals surface area contributed by atoms with Gasteiger partial charge in [-0.2, -0.15) is 0 Å². The van der Waals surface area contributed by atoms with Crippen molar-refractivity contribution in [1.82, 2.24) is 9.80 Å². The molecule has 0 unspecified atom stereocenters. The lowest BCUT2D eigenvalue weighted by Crippen LogP contribution is -2.47. The molecule has 1 aliphatic rings. The second-order valence-corrected chi connectivity index (χ2v) is 5.95. The van der Waals surface area contributed by atoms with Crippen molar-refractivity contribution in [2.45, 2.75) is 45.3 Å². The summed E-state index contributed by atoms with van der Waals surface area (Å²) in [4.78, 5) is 27.4. The molecule has 1 amide bonds. The molecular formula is C13H24N2O3. The van der Waals surface area contributed by atoms with E-state index in [1.54, 1.807) is 27.8 Å². The zero-order chi connectivity index (χ0) is 13.9. The minimum Gasteiger partial charge on any atom is -0.453 e. The van der Waals surface area contributed by atoms with Gasteiger partial charge in [0, 0.05) is 13.1 Å². The molecule has 1 heterocycles. The van der Waals surface area contributed by atoms with Crippen LogP contribution in [0, 0.1) is 0 Å². The Hall–Kier alpha value is -1.10. The number of carbonyl (C=O) groups excluding carboxylic acids is 2. The maximum atomic E-state index is 11.9. The first-order chi connectivity index (χ1) is 8.20. The Morgan fingerprint density at radius 3 is 2.17 bits per heavy atom. The Morgan fingerprint density at radius 2 is 1.72 bits per heavy atom. The summed E-state index contributed by atoms with van der Waals surface area (Å²) in [6.45, 7) is 7.18. The predicted octanol–water partition coefficient (Wildman–Crippen LogP) is 0.881. The standard InChI is InChI=1S/C13H24N2O3/c1-13(2,3)18-12(17)11(16)15(5)10-6-8-14(4)9-7-10/h10H,6-9H2,1-5H3. The number of amides is 1. The van der Waals surface area contributed by atoms with E-state index >= 15 is 0 Å². The van der Waals surface area contributed by atoms with Crippen molar-refractivity contribution in [2.24, 2.45) is 0 Å². The predicted molar refractivity (Wildman–Crippen MR) is 69.1 cm³/mol. The summed E-state index contributed by atoms with van der Waals surface area (Å²) in [7, 11) is 3.74. The number of esters is 1. The van der Waals surface area contributed by atoms with Gasteiger partial charge in [-0.15, -0.1) is 0 Å². The minimum atomic E-state index is -0.760. The molecule has 0 aliphatic carbocycles. The van der Waals surface area contributed by atoms with Crippen LogP contribution in [0.25, 0.3) is 0 Å². The van der Waals surface area contributed by atoms with E-state index in [9.17, 15) is 9.59 Å². The highest BCUT2D eigenvalue weighted by Gasteiger charge is 2.30. The van der Waals surface area contributed by atoms with E-state index in [2.05, 4.69) is 11.9 Å². The highest BCUT2D eigenvalue weighted by atomic mass is 16.6. The molecule has 1 saturated heterocycles. The fourth-order valence-electron chi connectivity index (χ4n) is 2.01. The quantitative estimate of drug-likeness (QED) is 0.516. The van der Waals surface area contributed by atoms with Crippen LogP contribution in [-0.2, 0) is 14.3 Å². The van der Waals surface area contributed by atoms with Crippen LogP contribution in [0.5, 0.6) is 0 Å². The summed E-state index contributed by atoms with van der Waals surface area (Å²) in [5.41, 5.74) is -0.625. The van der Waals surface area contributed by atoms with Gasteiger partial charge in [0.2, 0.25) is 0 Å². The Bertz CT molecular complexity index is 315. The summed E-state index contributed by atoms with van der Waals surface area (Å²) >= 11 is 0. The Kier molecular flexibility index (Phi) is 4.73. The molecule has 0 spiro atoms. The molecule has 0 aromatic carbocycles. The summed E-state index contributed by atoms with van der Waals surface area (Å²) < 4.78 is 5.09. The molecular weight excluding hydrogens is 232 g/mol. The molecule has 5 nitrogen and oxygen atoms in total. The number of likely N-dealkylation sites (tertiary alicyclic amines) is 1. The summed E-state index contributed by atoms with van der Waals surface area (Å²) in [6, 6.07) is 0.140. The van der Waals surface area contributed by atoms with Crippen LogP contribution >= 0.6 is 0 Å². The van der Waals surface area contributed by atoms with Crippen molar-refractivity contribution >= 4 is 11.9 Å². The number of rotatable bonds is 1. The largest absolute Gasteiger partial charge is 0.453 e. The second-order valence-electron chi connectivity index (χ2n) is 5.95. The summed E-state index contributed by atoms with van der Waals surface area (Å²) in [6.07, 6.45) is 1.81. The van der Waals surface area contributed by atoms with Gasteiger partial charge in [-0.05, 0) is 53.8 Å². The first kappa shape index (κ1) is 15.0. The number of piperidine rings is 1. The molecule has 0 N–H and O–H groups in total. The van der Waals surface area contributed by atoms with Crippen LogP contribution in [-0.4, -0.2) is 60.5 Å². The first-order valence-electron chi connectivity index (χ1n) is 6.39. The van der Waals surface area contributed by atoms with Gasteiger partial charge in [0.05, 0.1) is 0 Å². The molecule has 0 aromatic heterocycles. The fourth-order valence-corrected chi connectivity index (χ4v) is 2.01. The molecule has 0 saturated carbocycles. The summed E-state index contributed by atoms with van der Waals surface area (Å²) in [5, 5.41) is 0. The van der Waals surface area contributed by atoms with Gasteiger partial charge in [0.25, 0.3) is 0 Å². The molecule has 5 heteroatoms. The number of ether oxygens (including phenoxy) is 1. The topological polar surface area (TPSA) is 49.9 Å². The van der Waals surface area contributed by atoms with E-state index in [4.69, 9.17) is 4.74 Å². The number of carbonyl (C=O) groups is 2. The van der Waals surface area contributed by atoms with Crippen LogP contribution in [0.2, 0.25) is 0 Å². The smallest absolute Gasteiger partial charge is 0.397 e.